The number of nitro groups is 1. The molecule has 7 heteroatoms. The summed E-state index contributed by atoms with van der Waals surface area (Å²) in [7, 11) is 0. The van der Waals surface area contributed by atoms with Crippen molar-refractivity contribution in [3.05, 3.63) is 38.3 Å². The van der Waals surface area contributed by atoms with Gasteiger partial charge in [-0.2, -0.15) is 0 Å². The first-order chi connectivity index (χ1) is 9.06. The molecule has 0 aromatic heterocycles. The van der Waals surface area contributed by atoms with Gasteiger partial charge in [0.25, 0.3) is 5.69 Å². The molecule has 102 valence electrons. The number of nitrogens with zero attached hydrogens (tertiary/aromatic N) is 1. The Kier molecular flexibility index (Phi) is 4.49. The summed E-state index contributed by atoms with van der Waals surface area (Å²) < 4.78 is 0.688. The predicted octanol–water partition coefficient (Wildman–Crippen LogP) is 1.73. The first-order valence-electron chi connectivity index (χ1n) is 5.99. The van der Waals surface area contributed by atoms with Gasteiger partial charge in [-0.15, -0.1) is 0 Å². The molecule has 1 amide bonds. The highest BCUT2D eigenvalue weighted by atomic mass is 79.9. The van der Waals surface area contributed by atoms with Crippen molar-refractivity contribution in [1.29, 1.82) is 0 Å². The third-order valence-corrected chi connectivity index (χ3v) is 3.58. The molecule has 1 unspecified atom stereocenters. The standard InChI is InChI=1S/C12H14BrN3O3/c13-9-2-1-8(11(5-9)16(18)19)6-14-10-3-4-12(17)15-7-10/h1-2,5,10,14H,3-4,6-7H2,(H,15,17). The second kappa shape index (κ2) is 6.12. The van der Waals surface area contributed by atoms with Crippen molar-refractivity contribution in [2.24, 2.45) is 0 Å². The Morgan fingerprint density at radius 2 is 2.32 bits per heavy atom. The highest BCUT2D eigenvalue weighted by Gasteiger charge is 2.19. The predicted molar refractivity (Wildman–Crippen MR) is 73.7 cm³/mol. The Morgan fingerprint density at radius 1 is 1.53 bits per heavy atom. The van der Waals surface area contributed by atoms with Crippen LogP contribution in [0.2, 0.25) is 0 Å². The molecule has 0 saturated carbocycles. The Morgan fingerprint density at radius 3 is 2.95 bits per heavy atom. The van der Waals surface area contributed by atoms with Crippen molar-refractivity contribution in [2.75, 3.05) is 6.54 Å². The van der Waals surface area contributed by atoms with Crippen LogP contribution in [0.5, 0.6) is 0 Å². The van der Waals surface area contributed by atoms with Crippen LogP contribution in [-0.2, 0) is 11.3 Å². The maximum Gasteiger partial charge on any atom is 0.275 e. The molecular weight excluding hydrogens is 314 g/mol. The van der Waals surface area contributed by atoms with E-state index in [4.69, 9.17) is 0 Å². The van der Waals surface area contributed by atoms with Crippen LogP contribution < -0.4 is 10.6 Å². The summed E-state index contributed by atoms with van der Waals surface area (Å²) in [4.78, 5) is 21.6. The molecule has 1 heterocycles. The Hall–Kier alpha value is -1.47. The van der Waals surface area contributed by atoms with Crippen molar-refractivity contribution in [3.63, 3.8) is 0 Å². The van der Waals surface area contributed by atoms with Gasteiger partial charge < -0.3 is 10.6 Å². The number of hydrogen-bond donors (Lipinski definition) is 2. The van der Waals surface area contributed by atoms with Crippen LogP contribution in [0.15, 0.2) is 22.7 Å². The minimum Gasteiger partial charge on any atom is -0.355 e. The molecular formula is C12H14BrN3O3. The lowest BCUT2D eigenvalue weighted by molar-refractivity contribution is -0.385. The number of rotatable bonds is 4. The van der Waals surface area contributed by atoms with Crippen LogP contribution in [-0.4, -0.2) is 23.4 Å². The van der Waals surface area contributed by atoms with E-state index in [1.54, 1.807) is 12.1 Å². The third-order valence-electron chi connectivity index (χ3n) is 3.09. The summed E-state index contributed by atoms with van der Waals surface area (Å²) in [5.74, 6) is 0.0627. The lowest BCUT2D eigenvalue weighted by Crippen LogP contribution is -2.45. The van der Waals surface area contributed by atoms with E-state index < -0.39 is 0 Å². The van der Waals surface area contributed by atoms with Crippen molar-refractivity contribution in [2.45, 2.75) is 25.4 Å². The molecule has 1 saturated heterocycles. The zero-order valence-corrected chi connectivity index (χ0v) is 11.8. The van der Waals surface area contributed by atoms with Crippen LogP contribution in [0.25, 0.3) is 0 Å². The number of halogens is 1. The van der Waals surface area contributed by atoms with Gasteiger partial charge in [0.05, 0.1) is 4.92 Å². The summed E-state index contributed by atoms with van der Waals surface area (Å²) in [6, 6.07) is 5.18. The SMILES string of the molecule is O=C1CCC(NCc2ccc(Br)cc2[N+](=O)[O-])CN1. The van der Waals surface area contributed by atoms with E-state index in [2.05, 4.69) is 26.6 Å². The lowest BCUT2D eigenvalue weighted by atomic mass is 10.1. The van der Waals surface area contributed by atoms with E-state index in [1.165, 1.54) is 6.07 Å². The summed E-state index contributed by atoms with van der Waals surface area (Å²) >= 11 is 3.23. The molecule has 1 atom stereocenters. The molecule has 1 aromatic rings. The smallest absolute Gasteiger partial charge is 0.275 e. The first-order valence-corrected chi connectivity index (χ1v) is 6.78. The lowest BCUT2D eigenvalue weighted by Gasteiger charge is -2.23. The molecule has 2 rings (SSSR count). The Balaban J connectivity index is 1.99. The van der Waals surface area contributed by atoms with Gasteiger partial charge in [0.2, 0.25) is 5.91 Å². The normalized spacial score (nSPS) is 19.0. The molecule has 1 aromatic carbocycles. The first kappa shape index (κ1) is 14.0. The van der Waals surface area contributed by atoms with E-state index in [0.29, 0.717) is 29.5 Å². The number of nitro benzene ring substituents is 1. The van der Waals surface area contributed by atoms with Gasteiger partial charge in [-0.05, 0) is 18.6 Å². The summed E-state index contributed by atoms with van der Waals surface area (Å²) in [5.41, 5.74) is 0.742. The second-order valence-electron chi connectivity index (χ2n) is 4.45. The summed E-state index contributed by atoms with van der Waals surface area (Å²) in [6.45, 7) is 0.993. The molecule has 0 aliphatic carbocycles. The second-order valence-corrected chi connectivity index (χ2v) is 5.37. The molecule has 1 aliphatic heterocycles. The van der Waals surface area contributed by atoms with Crippen molar-refractivity contribution < 1.29 is 9.72 Å². The number of nitrogens with one attached hydrogen (secondary N) is 2. The molecule has 19 heavy (non-hydrogen) atoms. The fourth-order valence-electron chi connectivity index (χ4n) is 2.02. The minimum atomic E-state index is -0.385. The third kappa shape index (κ3) is 3.74. The van der Waals surface area contributed by atoms with Gasteiger partial charge in [0, 0.05) is 41.7 Å². The number of benzene rings is 1. The van der Waals surface area contributed by atoms with Crippen molar-refractivity contribution >= 4 is 27.5 Å². The van der Waals surface area contributed by atoms with Gasteiger partial charge in [-0.25, -0.2) is 0 Å². The van der Waals surface area contributed by atoms with Crippen molar-refractivity contribution in [1.82, 2.24) is 10.6 Å². The van der Waals surface area contributed by atoms with Crippen LogP contribution in [0.1, 0.15) is 18.4 Å². The molecule has 0 bridgehead atoms. The number of carbonyl (C=O) groups excluding carboxylic acids is 1. The average molecular weight is 328 g/mol. The number of amides is 1. The largest absolute Gasteiger partial charge is 0.355 e. The zero-order chi connectivity index (χ0) is 13.8. The van der Waals surface area contributed by atoms with Crippen LogP contribution >= 0.6 is 15.9 Å². The Labute approximate surface area is 118 Å². The van der Waals surface area contributed by atoms with E-state index in [-0.39, 0.29) is 22.6 Å². The molecule has 1 aliphatic rings. The quantitative estimate of drug-likeness (QED) is 0.651. The average Bonchev–Trinajstić information content (AvgIpc) is 2.39. The molecule has 6 nitrogen and oxygen atoms in total. The van der Waals surface area contributed by atoms with Crippen LogP contribution in [0.4, 0.5) is 5.69 Å². The summed E-state index contributed by atoms with van der Waals surface area (Å²) in [6.07, 6.45) is 1.26. The zero-order valence-electron chi connectivity index (χ0n) is 10.2. The molecule has 1 fully saturated rings. The molecule has 2 N–H and O–H groups in total. The van der Waals surface area contributed by atoms with Gasteiger partial charge in [-0.1, -0.05) is 15.9 Å². The van der Waals surface area contributed by atoms with Gasteiger partial charge in [0.15, 0.2) is 0 Å². The molecule has 0 radical (unpaired) electrons. The fraction of sp³-hybridized carbons (Fsp3) is 0.417. The van der Waals surface area contributed by atoms with Crippen LogP contribution in [0.3, 0.4) is 0 Å². The van der Waals surface area contributed by atoms with Gasteiger partial charge >= 0.3 is 0 Å². The Bertz CT molecular complexity index is 497. The minimum absolute atomic E-state index is 0.0627. The van der Waals surface area contributed by atoms with Crippen molar-refractivity contribution in [3.8, 4) is 0 Å². The fourth-order valence-corrected chi connectivity index (χ4v) is 2.37. The molecule has 0 spiro atoms. The van der Waals surface area contributed by atoms with Gasteiger partial charge in [0.1, 0.15) is 0 Å². The monoisotopic (exact) mass is 327 g/mol. The highest BCUT2D eigenvalue weighted by Crippen LogP contribution is 2.23. The number of hydrogen-bond acceptors (Lipinski definition) is 4. The van der Waals surface area contributed by atoms with Crippen LogP contribution in [0, 0.1) is 10.1 Å². The summed E-state index contributed by atoms with van der Waals surface area (Å²) in [5, 5.41) is 17.0. The highest BCUT2D eigenvalue weighted by molar-refractivity contribution is 9.10. The van der Waals surface area contributed by atoms with E-state index >= 15 is 0 Å². The maximum atomic E-state index is 11.0. The van der Waals surface area contributed by atoms with E-state index in [9.17, 15) is 14.9 Å². The van der Waals surface area contributed by atoms with E-state index in [1.807, 2.05) is 0 Å². The number of piperidine rings is 1. The maximum absolute atomic E-state index is 11.0. The van der Waals surface area contributed by atoms with E-state index in [0.717, 1.165) is 6.42 Å². The van der Waals surface area contributed by atoms with Gasteiger partial charge in [-0.3, -0.25) is 14.9 Å². The number of carbonyl (C=O) groups is 1. The topological polar surface area (TPSA) is 84.3 Å².